The maximum atomic E-state index is 13.2. The normalized spacial score (nSPS) is 11.0. The number of aromatic nitrogens is 2. The summed E-state index contributed by atoms with van der Waals surface area (Å²) in [7, 11) is 0. The molecule has 3 heteroatoms. The van der Waals surface area contributed by atoms with E-state index in [0.29, 0.717) is 12.2 Å². The van der Waals surface area contributed by atoms with E-state index in [1.54, 1.807) is 0 Å². The minimum atomic E-state index is -0.0585. The Labute approximate surface area is 152 Å². The molecule has 0 aliphatic heterocycles. The number of hydrogen-bond donors (Lipinski definition) is 0. The molecule has 0 saturated carbocycles. The summed E-state index contributed by atoms with van der Waals surface area (Å²) in [5, 5.41) is 0. The van der Waals surface area contributed by atoms with Crippen molar-refractivity contribution in [1.29, 1.82) is 0 Å². The van der Waals surface area contributed by atoms with Crippen molar-refractivity contribution in [3.8, 4) is 11.3 Å². The first-order valence-electron chi connectivity index (χ1n) is 8.89. The Morgan fingerprint density at radius 3 is 2.23 bits per heavy atom. The van der Waals surface area contributed by atoms with E-state index in [0.717, 1.165) is 28.6 Å². The summed E-state index contributed by atoms with van der Waals surface area (Å²) in [4.78, 5) is 17.9. The topological polar surface area (TPSA) is 34.9 Å². The van der Waals surface area contributed by atoms with Crippen LogP contribution in [0.1, 0.15) is 18.1 Å². The van der Waals surface area contributed by atoms with Crippen molar-refractivity contribution in [3.63, 3.8) is 0 Å². The maximum Gasteiger partial charge on any atom is 0.277 e. The lowest BCUT2D eigenvalue weighted by Gasteiger charge is -2.13. The van der Waals surface area contributed by atoms with Gasteiger partial charge in [0, 0.05) is 5.56 Å². The van der Waals surface area contributed by atoms with Crippen LogP contribution in [0, 0.1) is 0 Å². The van der Waals surface area contributed by atoms with Crippen molar-refractivity contribution in [2.24, 2.45) is 0 Å². The molecule has 0 fully saturated rings. The molecule has 0 N–H and O–H groups in total. The highest BCUT2D eigenvalue weighted by Gasteiger charge is 2.13. The Bertz CT molecular complexity index is 1100. The van der Waals surface area contributed by atoms with E-state index in [2.05, 4.69) is 24.0 Å². The Kier molecular flexibility index (Phi) is 4.36. The SMILES string of the molecule is CCc1ccc(-c2nc3ccccc3n(Cc3ccccc3)c2=O)cc1. The predicted octanol–water partition coefficient (Wildman–Crippen LogP) is 4.67. The largest absolute Gasteiger partial charge is 0.300 e. The zero-order valence-electron chi connectivity index (χ0n) is 14.7. The van der Waals surface area contributed by atoms with Gasteiger partial charge in [0.05, 0.1) is 17.6 Å². The molecule has 128 valence electrons. The fourth-order valence-corrected chi connectivity index (χ4v) is 3.20. The number of aryl methyl sites for hydroxylation is 1. The van der Waals surface area contributed by atoms with Crippen LogP contribution in [0.5, 0.6) is 0 Å². The molecule has 0 saturated heterocycles. The van der Waals surface area contributed by atoms with Gasteiger partial charge in [0.1, 0.15) is 5.69 Å². The van der Waals surface area contributed by atoms with Gasteiger partial charge in [-0.05, 0) is 29.7 Å². The Morgan fingerprint density at radius 1 is 0.808 bits per heavy atom. The molecule has 0 aliphatic rings. The number of nitrogens with zero attached hydrogens (tertiary/aromatic N) is 2. The van der Waals surface area contributed by atoms with Crippen LogP contribution in [0.2, 0.25) is 0 Å². The molecule has 0 radical (unpaired) electrons. The Balaban J connectivity index is 1.91. The van der Waals surface area contributed by atoms with Gasteiger partial charge in [-0.3, -0.25) is 4.79 Å². The van der Waals surface area contributed by atoms with Crippen LogP contribution in [-0.2, 0) is 13.0 Å². The molecule has 0 unspecified atom stereocenters. The van der Waals surface area contributed by atoms with Crippen molar-refractivity contribution in [2.75, 3.05) is 0 Å². The van der Waals surface area contributed by atoms with Crippen molar-refractivity contribution in [2.45, 2.75) is 19.9 Å². The molecule has 0 atom stereocenters. The van der Waals surface area contributed by atoms with Crippen LogP contribution in [-0.4, -0.2) is 9.55 Å². The second-order valence-electron chi connectivity index (χ2n) is 6.38. The average molecular weight is 340 g/mol. The number of rotatable bonds is 4. The molecule has 3 nitrogen and oxygen atoms in total. The van der Waals surface area contributed by atoms with E-state index in [9.17, 15) is 4.79 Å². The van der Waals surface area contributed by atoms with Crippen LogP contribution in [0.15, 0.2) is 83.7 Å². The lowest BCUT2D eigenvalue weighted by molar-refractivity contribution is 0.789. The van der Waals surface area contributed by atoms with E-state index in [-0.39, 0.29) is 5.56 Å². The summed E-state index contributed by atoms with van der Waals surface area (Å²) in [6, 6.07) is 26.0. The van der Waals surface area contributed by atoms with Crippen LogP contribution < -0.4 is 5.56 Å². The van der Waals surface area contributed by atoms with Gasteiger partial charge in [0.2, 0.25) is 0 Å². The van der Waals surface area contributed by atoms with Gasteiger partial charge in [-0.2, -0.15) is 0 Å². The molecular weight excluding hydrogens is 320 g/mol. The molecule has 4 rings (SSSR count). The molecule has 0 aliphatic carbocycles. The third-order valence-electron chi connectivity index (χ3n) is 4.67. The van der Waals surface area contributed by atoms with Gasteiger partial charge >= 0.3 is 0 Å². The van der Waals surface area contributed by atoms with Gasteiger partial charge in [-0.15, -0.1) is 0 Å². The van der Waals surface area contributed by atoms with Crippen molar-refractivity contribution < 1.29 is 0 Å². The monoisotopic (exact) mass is 340 g/mol. The molecule has 0 amide bonds. The van der Waals surface area contributed by atoms with Crippen LogP contribution in [0.3, 0.4) is 0 Å². The molecule has 26 heavy (non-hydrogen) atoms. The average Bonchev–Trinajstić information content (AvgIpc) is 2.71. The van der Waals surface area contributed by atoms with E-state index in [4.69, 9.17) is 0 Å². The molecule has 0 spiro atoms. The molecule has 1 aromatic heterocycles. The third kappa shape index (κ3) is 3.04. The smallest absolute Gasteiger partial charge is 0.277 e. The van der Waals surface area contributed by atoms with Gasteiger partial charge < -0.3 is 4.57 Å². The fraction of sp³-hybridized carbons (Fsp3) is 0.130. The van der Waals surface area contributed by atoms with Crippen LogP contribution >= 0.6 is 0 Å². The molecule has 0 bridgehead atoms. The minimum absolute atomic E-state index is 0.0585. The minimum Gasteiger partial charge on any atom is -0.300 e. The van der Waals surface area contributed by atoms with Gasteiger partial charge in [-0.25, -0.2) is 4.98 Å². The zero-order chi connectivity index (χ0) is 17.9. The van der Waals surface area contributed by atoms with Crippen molar-refractivity contribution in [3.05, 3.63) is 100 Å². The van der Waals surface area contributed by atoms with Crippen molar-refractivity contribution in [1.82, 2.24) is 9.55 Å². The lowest BCUT2D eigenvalue weighted by Crippen LogP contribution is -2.24. The Morgan fingerprint density at radius 2 is 1.50 bits per heavy atom. The van der Waals surface area contributed by atoms with Crippen LogP contribution in [0.25, 0.3) is 22.3 Å². The lowest BCUT2D eigenvalue weighted by atomic mass is 10.1. The standard InChI is InChI=1S/C23H20N2O/c1-2-17-12-14-19(15-13-17)22-23(26)25(16-18-8-4-3-5-9-18)21-11-7-6-10-20(21)24-22/h3-15H,2,16H2,1H3. The molecule has 1 heterocycles. The number of para-hydroxylation sites is 2. The molecule has 4 aromatic rings. The highest BCUT2D eigenvalue weighted by atomic mass is 16.1. The predicted molar refractivity (Wildman–Crippen MR) is 106 cm³/mol. The zero-order valence-corrected chi connectivity index (χ0v) is 14.7. The van der Waals surface area contributed by atoms with E-state index < -0.39 is 0 Å². The second-order valence-corrected chi connectivity index (χ2v) is 6.38. The summed E-state index contributed by atoms with van der Waals surface area (Å²) in [5.41, 5.74) is 5.34. The quantitative estimate of drug-likeness (QED) is 0.541. The van der Waals surface area contributed by atoms with Gasteiger partial charge in [-0.1, -0.05) is 73.7 Å². The second kappa shape index (κ2) is 6.96. The van der Waals surface area contributed by atoms with Gasteiger partial charge in [0.15, 0.2) is 0 Å². The molecular formula is C23H20N2O. The Hall–Kier alpha value is -3.20. The number of benzene rings is 3. The van der Waals surface area contributed by atoms with Gasteiger partial charge in [0.25, 0.3) is 5.56 Å². The first-order chi connectivity index (χ1) is 12.8. The fourth-order valence-electron chi connectivity index (χ4n) is 3.20. The summed E-state index contributed by atoms with van der Waals surface area (Å²) in [6.45, 7) is 2.65. The summed E-state index contributed by atoms with van der Waals surface area (Å²) < 4.78 is 1.82. The molecule has 3 aromatic carbocycles. The summed E-state index contributed by atoms with van der Waals surface area (Å²) in [5.74, 6) is 0. The highest BCUT2D eigenvalue weighted by molar-refractivity contribution is 5.78. The van der Waals surface area contributed by atoms with Crippen LogP contribution in [0.4, 0.5) is 0 Å². The van der Waals surface area contributed by atoms with E-state index in [1.165, 1.54) is 5.56 Å². The van der Waals surface area contributed by atoms with E-state index in [1.807, 2.05) is 71.3 Å². The van der Waals surface area contributed by atoms with Crippen molar-refractivity contribution >= 4 is 11.0 Å². The van der Waals surface area contributed by atoms with E-state index >= 15 is 0 Å². The first kappa shape index (κ1) is 16.3. The number of hydrogen-bond acceptors (Lipinski definition) is 2. The first-order valence-corrected chi connectivity index (χ1v) is 8.89. The summed E-state index contributed by atoms with van der Waals surface area (Å²) in [6.07, 6.45) is 0.976. The number of fused-ring (bicyclic) bond motifs is 1. The highest BCUT2D eigenvalue weighted by Crippen LogP contribution is 2.19. The third-order valence-corrected chi connectivity index (χ3v) is 4.67. The summed E-state index contributed by atoms with van der Waals surface area (Å²) >= 11 is 0. The maximum absolute atomic E-state index is 13.2.